The highest BCUT2D eigenvalue weighted by Crippen LogP contribution is 2.23. The molecule has 0 bridgehead atoms. The molecule has 19 heavy (non-hydrogen) atoms. The third-order valence-electron chi connectivity index (χ3n) is 4.57. The fourth-order valence-electron chi connectivity index (χ4n) is 2.92. The number of hydrogen-bond donors (Lipinski definition) is 1. The SMILES string of the molecule is CCC1(CC)CN(Cc2cccc(C)n2)C(C)CN1. The molecule has 0 aromatic carbocycles. The van der Waals surface area contributed by atoms with Gasteiger partial charge in [-0.3, -0.25) is 9.88 Å². The van der Waals surface area contributed by atoms with Crippen molar-refractivity contribution in [1.29, 1.82) is 0 Å². The molecule has 1 unspecified atom stereocenters. The first kappa shape index (κ1) is 14.5. The Kier molecular flexibility index (Phi) is 4.58. The third kappa shape index (κ3) is 3.34. The highest BCUT2D eigenvalue weighted by atomic mass is 15.3. The predicted molar refractivity (Wildman–Crippen MR) is 80.2 cm³/mol. The maximum atomic E-state index is 4.64. The van der Waals surface area contributed by atoms with Gasteiger partial charge in [0.05, 0.1) is 5.69 Å². The molecule has 1 N–H and O–H groups in total. The molecule has 0 aliphatic carbocycles. The molecule has 1 saturated heterocycles. The smallest absolute Gasteiger partial charge is 0.0547 e. The van der Waals surface area contributed by atoms with E-state index >= 15 is 0 Å². The first-order valence-corrected chi connectivity index (χ1v) is 7.50. The number of pyridine rings is 1. The summed E-state index contributed by atoms with van der Waals surface area (Å²) in [5, 5.41) is 3.75. The second-order valence-corrected chi connectivity index (χ2v) is 5.89. The Labute approximate surface area is 117 Å². The molecule has 1 fully saturated rings. The molecule has 1 aliphatic heterocycles. The summed E-state index contributed by atoms with van der Waals surface area (Å²) in [6.07, 6.45) is 2.38. The van der Waals surface area contributed by atoms with Crippen LogP contribution in [0.25, 0.3) is 0 Å². The number of hydrogen-bond acceptors (Lipinski definition) is 3. The second kappa shape index (κ2) is 6.02. The molecule has 0 spiro atoms. The van der Waals surface area contributed by atoms with Gasteiger partial charge in [0.15, 0.2) is 0 Å². The zero-order valence-corrected chi connectivity index (χ0v) is 12.7. The Balaban J connectivity index is 2.09. The van der Waals surface area contributed by atoms with E-state index in [2.05, 4.69) is 61.1 Å². The van der Waals surface area contributed by atoms with Gasteiger partial charge in [-0.25, -0.2) is 0 Å². The van der Waals surface area contributed by atoms with Crippen molar-refractivity contribution in [3.63, 3.8) is 0 Å². The Morgan fingerprint density at radius 3 is 2.74 bits per heavy atom. The van der Waals surface area contributed by atoms with Crippen molar-refractivity contribution in [2.75, 3.05) is 13.1 Å². The molecule has 0 saturated carbocycles. The topological polar surface area (TPSA) is 28.2 Å². The highest BCUT2D eigenvalue weighted by Gasteiger charge is 2.34. The lowest BCUT2D eigenvalue weighted by atomic mass is 9.88. The average Bonchev–Trinajstić information content (AvgIpc) is 2.42. The Morgan fingerprint density at radius 1 is 1.37 bits per heavy atom. The van der Waals surface area contributed by atoms with Crippen LogP contribution in [0.4, 0.5) is 0 Å². The highest BCUT2D eigenvalue weighted by molar-refractivity contribution is 5.10. The Bertz CT molecular complexity index is 412. The van der Waals surface area contributed by atoms with E-state index in [0.29, 0.717) is 6.04 Å². The minimum absolute atomic E-state index is 0.288. The van der Waals surface area contributed by atoms with Crippen LogP contribution < -0.4 is 5.32 Å². The van der Waals surface area contributed by atoms with E-state index in [4.69, 9.17) is 0 Å². The minimum atomic E-state index is 0.288. The van der Waals surface area contributed by atoms with E-state index in [1.165, 1.54) is 18.5 Å². The predicted octanol–water partition coefficient (Wildman–Crippen LogP) is 2.74. The molecular formula is C16H27N3. The van der Waals surface area contributed by atoms with Crippen LogP contribution in [0.5, 0.6) is 0 Å². The van der Waals surface area contributed by atoms with Crippen LogP contribution in [0.2, 0.25) is 0 Å². The van der Waals surface area contributed by atoms with Crippen LogP contribution >= 0.6 is 0 Å². The van der Waals surface area contributed by atoms with Gasteiger partial charge in [0.25, 0.3) is 0 Å². The van der Waals surface area contributed by atoms with Crippen LogP contribution in [0.1, 0.15) is 45.0 Å². The van der Waals surface area contributed by atoms with Crippen LogP contribution in [-0.2, 0) is 6.54 Å². The van der Waals surface area contributed by atoms with Gasteiger partial charge >= 0.3 is 0 Å². The van der Waals surface area contributed by atoms with Gasteiger partial charge in [0.2, 0.25) is 0 Å². The number of aryl methyl sites for hydroxylation is 1. The van der Waals surface area contributed by atoms with E-state index in [9.17, 15) is 0 Å². The van der Waals surface area contributed by atoms with Crippen LogP contribution in [0.3, 0.4) is 0 Å². The molecule has 2 heterocycles. The molecule has 106 valence electrons. The van der Waals surface area contributed by atoms with Crippen LogP contribution in [-0.4, -0.2) is 34.6 Å². The van der Waals surface area contributed by atoms with Gasteiger partial charge < -0.3 is 5.32 Å². The largest absolute Gasteiger partial charge is 0.308 e. The lowest BCUT2D eigenvalue weighted by Crippen LogP contribution is -2.62. The van der Waals surface area contributed by atoms with E-state index in [1.807, 2.05) is 0 Å². The van der Waals surface area contributed by atoms with Gasteiger partial charge in [0.1, 0.15) is 0 Å². The molecule has 3 nitrogen and oxygen atoms in total. The second-order valence-electron chi connectivity index (χ2n) is 5.89. The van der Waals surface area contributed by atoms with Crippen molar-refractivity contribution in [2.45, 2.75) is 58.7 Å². The molecule has 1 atom stereocenters. The van der Waals surface area contributed by atoms with Crippen molar-refractivity contribution in [3.8, 4) is 0 Å². The summed E-state index contributed by atoms with van der Waals surface area (Å²) in [6.45, 7) is 12.1. The molecule has 1 aliphatic rings. The van der Waals surface area contributed by atoms with Gasteiger partial charge in [-0.15, -0.1) is 0 Å². The fraction of sp³-hybridized carbons (Fsp3) is 0.688. The normalized spacial score (nSPS) is 23.5. The maximum Gasteiger partial charge on any atom is 0.0547 e. The Hall–Kier alpha value is -0.930. The van der Waals surface area contributed by atoms with Crippen LogP contribution in [0.15, 0.2) is 18.2 Å². The lowest BCUT2D eigenvalue weighted by Gasteiger charge is -2.46. The quantitative estimate of drug-likeness (QED) is 0.903. The van der Waals surface area contributed by atoms with E-state index in [-0.39, 0.29) is 5.54 Å². The van der Waals surface area contributed by atoms with Crippen LogP contribution in [0, 0.1) is 6.92 Å². The number of piperazine rings is 1. The zero-order chi connectivity index (χ0) is 13.9. The monoisotopic (exact) mass is 261 g/mol. The molecule has 3 heteroatoms. The first-order valence-electron chi connectivity index (χ1n) is 7.50. The summed E-state index contributed by atoms with van der Waals surface area (Å²) in [5.41, 5.74) is 2.59. The number of rotatable bonds is 4. The summed E-state index contributed by atoms with van der Waals surface area (Å²) in [7, 11) is 0. The van der Waals surface area contributed by atoms with Crippen molar-refractivity contribution < 1.29 is 0 Å². The molecule has 2 rings (SSSR count). The summed E-state index contributed by atoms with van der Waals surface area (Å²) < 4.78 is 0. The minimum Gasteiger partial charge on any atom is -0.308 e. The summed E-state index contributed by atoms with van der Waals surface area (Å²) in [5.74, 6) is 0. The zero-order valence-electron chi connectivity index (χ0n) is 12.7. The standard InChI is InChI=1S/C16H27N3/c1-5-16(6-2)12-19(14(4)10-17-16)11-15-9-7-8-13(3)18-15/h7-9,14,17H,5-6,10-12H2,1-4H3. The third-order valence-corrected chi connectivity index (χ3v) is 4.57. The summed E-state index contributed by atoms with van der Waals surface area (Å²) in [4.78, 5) is 7.21. The number of aromatic nitrogens is 1. The molecular weight excluding hydrogens is 234 g/mol. The summed E-state index contributed by atoms with van der Waals surface area (Å²) >= 11 is 0. The van der Waals surface area contributed by atoms with Crippen molar-refractivity contribution in [2.24, 2.45) is 0 Å². The van der Waals surface area contributed by atoms with Gasteiger partial charge in [-0.2, -0.15) is 0 Å². The number of nitrogens with one attached hydrogen (secondary N) is 1. The molecule has 0 amide bonds. The summed E-state index contributed by atoms with van der Waals surface area (Å²) in [6, 6.07) is 6.89. The first-order chi connectivity index (χ1) is 9.08. The van der Waals surface area contributed by atoms with E-state index in [0.717, 1.165) is 25.3 Å². The fourth-order valence-corrected chi connectivity index (χ4v) is 2.92. The van der Waals surface area contributed by atoms with Crippen molar-refractivity contribution in [1.82, 2.24) is 15.2 Å². The lowest BCUT2D eigenvalue weighted by molar-refractivity contribution is 0.0735. The van der Waals surface area contributed by atoms with E-state index in [1.54, 1.807) is 0 Å². The molecule has 1 aromatic heterocycles. The number of nitrogens with zero attached hydrogens (tertiary/aromatic N) is 2. The van der Waals surface area contributed by atoms with Gasteiger partial charge in [-0.05, 0) is 38.8 Å². The van der Waals surface area contributed by atoms with Crippen molar-refractivity contribution >= 4 is 0 Å². The maximum absolute atomic E-state index is 4.64. The Morgan fingerprint density at radius 2 is 2.11 bits per heavy atom. The average molecular weight is 261 g/mol. The van der Waals surface area contributed by atoms with Crippen molar-refractivity contribution in [3.05, 3.63) is 29.6 Å². The molecule has 0 radical (unpaired) electrons. The van der Waals surface area contributed by atoms with E-state index < -0.39 is 0 Å². The molecule has 1 aromatic rings. The van der Waals surface area contributed by atoms with Gasteiger partial charge in [-0.1, -0.05) is 19.9 Å². The van der Waals surface area contributed by atoms with Gasteiger partial charge in [0, 0.05) is 36.9 Å².